The van der Waals surface area contributed by atoms with Crippen molar-refractivity contribution < 1.29 is 5.11 Å². The third kappa shape index (κ3) is 3.00. The topological polar surface area (TPSA) is 46.2 Å². The summed E-state index contributed by atoms with van der Waals surface area (Å²) >= 11 is 0. The van der Waals surface area contributed by atoms with Gasteiger partial charge in [0.25, 0.3) is 0 Å². The van der Waals surface area contributed by atoms with Gasteiger partial charge in [0.05, 0.1) is 0 Å². The van der Waals surface area contributed by atoms with Crippen molar-refractivity contribution in [3.8, 4) is 5.75 Å². The molecule has 0 spiro atoms. The van der Waals surface area contributed by atoms with Crippen molar-refractivity contribution in [2.75, 3.05) is 0 Å². The second-order valence-electron chi connectivity index (χ2n) is 4.27. The largest absolute Gasteiger partial charge is 0.508 e. The van der Waals surface area contributed by atoms with Crippen molar-refractivity contribution in [3.05, 3.63) is 35.4 Å². The monoisotopic (exact) mass is 239 g/mol. The molecule has 88 valence electrons. The van der Waals surface area contributed by atoms with Gasteiger partial charge in [-0.05, 0) is 37.3 Å². The summed E-state index contributed by atoms with van der Waals surface area (Å²) in [5.74, 6) is 1.04. The summed E-state index contributed by atoms with van der Waals surface area (Å²) in [5.41, 5.74) is 7.72. The average Bonchev–Trinajstić information content (AvgIpc) is 2.97. The SMILES string of the molecule is C[C@H](N)c1c(O)cccc1/C=C/C1CC1.Cl. The third-order valence-corrected chi connectivity index (χ3v) is 2.74. The van der Waals surface area contributed by atoms with Gasteiger partial charge < -0.3 is 10.8 Å². The molecule has 0 saturated heterocycles. The number of phenols is 1. The van der Waals surface area contributed by atoms with Gasteiger partial charge in [0.15, 0.2) is 0 Å². The molecular formula is C13H18ClNO. The molecule has 1 aliphatic rings. The zero-order valence-electron chi connectivity index (χ0n) is 9.39. The molecule has 1 aromatic carbocycles. The molecule has 3 heteroatoms. The van der Waals surface area contributed by atoms with Crippen LogP contribution in [0.4, 0.5) is 0 Å². The Morgan fingerprint density at radius 3 is 2.69 bits per heavy atom. The molecule has 2 nitrogen and oxygen atoms in total. The number of nitrogens with two attached hydrogens (primary N) is 1. The van der Waals surface area contributed by atoms with Crippen LogP contribution >= 0.6 is 12.4 Å². The van der Waals surface area contributed by atoms with E-state index in [-0.39, 0.29) is 18.4 Å². The summed E-state index contributed by atoms with van der Waals surface area (Å²) in [4.78, 5) is 0. The Balaban J connectivity index is 0.00000128. The summed E-state index contributed by atoms with van der Waals surface area (Å²) in [6.45, 7) is 1.89. The molecule has 1 aliphatic carbocycles. The lowest BCUT2D eigenvalue weighted by atomic mass is 10.00. The molecule has 0 aliphatic heterocycles. The number of allylic oxidation sites excluding steroid dienone is 1. The van der Waals surface area contributed by atoms with Crippen molar-refractivity contribution in [2.24, 2.45) is 11.7 Å². The highest BCUT2D eigenvalue weighted by molar-refractivity contribution is 5.85. The fourth-order valence-corrected chi connectivity index (χ4v) is 1.74. The van der Waals surface area contributed by atoms with E-state index in [1.807, 2.05) is 19.1 Å². The molecular weight excluding hydrogens is 222 g/mol. The second kappa shape index (κ2) is 5.37. The Morgan fingerprint density at radius 2 is 2.12 bits per heavy atom. The van der Waals surface area contributed by atoms with E-state index in [4.69, 9.17) is 5.73 Å². The first kappa shape index (κ1) is 13.1. The molecule has 1 saturated carbocycles. The molecule has 0 bridgehead atoms. The van der Waals surface area contributed by atoms with Crippen molar-refractivity contribution in [3.63, 3.8) is 0 Å². The zero-order valence-corrected chi connectivity index (χ0v) is 10.2. The quantitative estimate of drug-likeness (QED) is 0.851. The van der Waals surface area contributed by atoms with Crippen LogP contribution in [0.25, 0.3) is 6.08 Å². The van der Waals surface area contributed by atoms with Gasteiger partial charge in [0.1, 0.15) is 5.75 Å². The maximum atomic E-state index is 9.73. The van der Waals surface area contributed by atoms with E-state index in [9.17, 15) is 5.11 Å². The zero-order chi connectivity index (χ0) is 10.8. The van der Waals surface area contributed by atoms with E-state index in [1.165, 1.54) is 12.8 Å². The number of hydrogen-bond donors (Lipinski definition) is 2. The van der Waals surface area contributed by atoms with Gasteiger partial charge in [-0.1, -0.05) is 24.3 Å². The Hall–Kier alpha value is -0.990. The van der Waals surface area contributed by atoms with Crippen LogP contribution in [0.5, 0.6) is 5.75 Å². The van der Waals surface area contributed by atoms with E-state index < -0.39 is 0 Å². The summed E-state index contributed by atoms with van der Waals surface area (Å²) in [7, 11) is 0. The summed E-state index contributed by atoms with van der Waals surface area (Å²) < 4.78 is 0. The molecule has 0 aromatic heterocycles. The molecule has 1 atom stereocenters. The second-order valence-corrected chi connectivity index (χ2v) is 4.27. The highest BCUT2D eigenvalue weighted by Gasteiger charge is 2.17. The predicted octanol–water partition coefficient (Wildman–Crippen LogP) is 3.26. The maximum absolute atomic E-state index is 9.73. The first-order chi connectivity index (χ1) is 7.18. The van der Waals surface area contributed by atoms with Crippen LogP contribution in [0, 0.1) is 5.92 Å². The van der Waals surface area contributed by atoms with Gasteiger partial charge >= 0.3 is 0 Å². The van der Waals surface area contributed by atoms with Crippen molar-refractivity contribution in [1.82, 2.24) is 0 Å². The molecule has 0 amide bonds. The smallest absolute Gasteiger partial charge is 0.120 e. The molecule has 1 fully saturated rings. The first-order valence-electron chi connectivity index (χ1n) is 5.44. The fraction of sp³-hybridized carbons (Fsp3) is 0.385. The molecule has 1 aromatic rings. The van der Waals surface area contributed by atoms with Crippen molar-refractivity contribution in [2.45, 2.75) is 25.8 Å². The van der Waals surface area contributed by atoms with E-state index in [0.717, 1.165) is 17.0 Å². The van der Waals surface area contributed by atoms with Crippen molar-refractivity contribution >= 4 is 18.5 Å². The molecule has 3 N–H and O–H groups in total. The van der Waals surface area contributed by atoms with Gasteiger partial charge in [-0.25, -0.2) is 0 Å². The lowest BCUT2D eigenvalue weighted by Crippen LogP contribution is -2.07. The third-order valence-electron chi connectivity index (χ3n) is 2.74. The number of benzene rings is 1. The summed E-state index contributed by atoms with van der Waals surface area (Å²) in [5, 5.41) is 9.73. The Kier molecular flexibility index (Phi) is 4.39. The van der Waals surface area contributed by atoms with Crippen LogP contribution < -0.4 is 5.73 Å². The van der Waals surface area contributed by atoms with Crippen LogP contribution in [0.2, 0.25) is 0 Å². The predicted molar refractivity (Wildman–Crippen MR) is 69.7 cm³/mol. The summed E-state index contributed by atoms with van der Waals surface area (Å²) in [6.07, 6.45) is 6.88. The van der Waals surface area contributed by atoms with Gasteiger partial charge in [-0.3, -0.25) is 0 Å². The number of hydrogen-bond acceptors (Lipinski definition) is 2. The van der Waals surface area contributed by atoms with Crippen molar-refractivity contribution in [1.29, 1.82) is 0 Å². The fourth-order valence-electron chi connectivity index (χ4n) is 1.74. The molecule has 0 heterocycles. The van der Waals surface area contributed by atoms with E-state index in [2.05, 4.69) is 12.2 Å². The highest BCUT2D eigenvalue weighted by Crippen LogP contribution is 2.33. The van der Waals surface area contributed by atoms with Crippen LogP contribution in [0.15, 0.2) is 24.3 Å². The maximum Gasteiger partial charge on any atom is 0.120 e. The van der Waals surface area contributed by atoms with Crippen LogP contribution in [0.3, 0.4) is 0 Å². The van der Waals surface area contributed by atoms with Gasteiger partial charge in [-0.2, -0.15) is 0 Å². The molecule has 0 unspecified atom stereocenters. The average molecular weight is 240 g/mol. The Morgan fingerprint density at radius 1 is 1.44 bits per heavy atom. The van der Waals surface area contributed by atoms with Gasteiger partial charge in [0.2, 0.25) is 0 Å². The van der Waals surface area contributed by atoms with Crippen LogP contribution in [-0.2, 0) is 0 Å². The normalized spacial score (nSPS) is 17.1. The number of phenolic OH excluding ortho intramolecular Hbond substituents is 1. The minimum absolute atomic E-state index is 0. The van der Waals surface area contributed by atoms with Gasteiger partial charge in [-0.15, -0.1) is 12.4 Å². The first-order valence-corrected chi connectivity index (χ1v) is 5.44. The van der Waals surface area contributed by atoms with E-state index in [1.54, 1.807) is 6.07 Å². The minimum Gasteiger partial charge on any atom is -0.508 e. The van der Waals surface area contributed by atoms with E-state index in [0.29, 0.717) is 5.75 Å². The lowest BCUT2D eigenvalue weighted by molar-refractivity contribution is 0.463. The summed E-state index contributed by atoms with van der Waals surface area (Å²) in [6, 6.07) is 5.41. The van der Waals surface area contributed by atoms with Crippen LogP contribution in [-0.4, -0.2) is 5.11 Å². The number of halogens is 1. The van der Waals surface area contributed by atoms with Gasteiger partial charge in [0, 0.05) is 11.6 Å². The highest BCUT2D eigenvalue weighted by atomic mass is 35.5. The lowest BCUT2D eigenvalue weighted by Gasteiger charge is -2.11. The molecule has 0 radical (unpaired) electrons. The Bertz CT molecular complexity index is 384. The number of rotatable bonds is 3. The standard InChI is InChI=1S/C13H17NO.ClH/c1-9(14)13-11(3-2-4-12(13)15)8-7-10-5-6-10;/h2-4,7-10,15H,5-6,14H2,1H3;1H/b8-7+;/t9-;/m0./s1. The minimum atomic E-state index is -0.134. The molecule has 16 heavy (non-hydrogen) atoms. The molecule has 2 rings (SSSR count). The van der Waals surface area contributed by atoms with Crippen LogP contribution in [0.1, 0.15) is 36.9 Å². The Labute approximate surface area is 103 Å². The van der Waals surface area contributed by atoms with E-state index >= 15 is 0 Å². The number of aromatic hydroxyl groups is 1.